The molecule has 0 aromatic carbocycles. The van der Waals surface area contributed by atoms with E-state index in [1.165, 1.54) is 4.90 Å². The fourth-order valence-electron chi connectivity index (χ4n) is 3.92. The standard InChI is InChI=1S/C18H30N2O3/c1-12(2)11-19-14(21)7-6-10-20-15(22)13-8-9-18(5,16(20)23)17(13,3)4/h12-13H,6-11H2,1-5H3,(H,19,21). The first-order valence-electron chi connectivity index (χ1n) is 8.74. The Balaban J connectivity index is 1.93. The Morgan fingerprint density at radius 2 is 1.96 bits per heavy atom. The van der Waals surface area contributed by atoms with Gasteiger partial charge in [0.05, 0.1) is 5.41 Å². The van der Waals surface area contributed by atoms with Crippen LogP contribution < -0.4 is 5.32 Å². The van der Waals surface area contributed by atoms with E-state index in [2.05, 4.69) is 5.32 Å². The molecule has 1 aliphatic carbocycles. The summed E-state index contributed by atoms with van der Waals surface area (Å²) in [7, 11) is 0. The Morgan fingerprint density at radius 3 is 2.57 bits per heavy atom. The van der Waals surface area contributed by atoms with Gasteiger partial charge in [-0.15, -0.1) is 0 Å². The molecule has 1 N–H and O–H groups in total. The average Bonchev–Trinajstić information content (AvgIpc) is 2.65. The zero-order valence-corrected chi connectivity index (χ0v) is 15.1. The van der Waals surface area contributed by atoms with E-state index >= 15 is 0 Å². The molecule has 130 valence electrons. The molecule has 1 heterocycles. The highest BCUT2D eigenvalue weighted by atomic mass is 16.2. The number of carbonyl (C=O) groups excluding carboxylic acids is 3. The van der Waals surface area contributed by atoms with Crippen molar-refractivity contribution in [3.8, 4) is 0 Å². The molecule has 0 spiro atoms. The summed E-state index contributed by atoms with van der Waals surface area (Å²) >= 11 is 0. The number of hydrogen-bond donors (Lipinski definition) is 1. The zero-order chi connectivity index (χ0) is 17.4. The Bertz CT molecular complexity index is 512. The van der Waals surface area contributed by atoms with Crippen LogP contribution in [-0.4, -0.2) is 35.7 Å². The molecular formula is C18H30N2O3. The van der Waals surface area contributed by atoms with E-state index in [4.69, 9.17) is 0 Å². The highest BCUT2D eigenvalue weighted by molar-refractivity contribution is 6.03. The number of imide groups is 1. The van der Waals surface area contributed by atoms with Gasteiger partial charge >= 0.3 is 0 Å². The molecule has 5 nitrogen and oxygen atoms in total. The second kappa shape index (κ2) is 6.25. The summed E-state index contributed by atoms with van der Waals surface area (Å²) in [5.41, 5.74) is -0.724. The van der Waals surface area contributed by atoms with Gasteiger partial charge in [0.25, 0.3) is 0 Å². The molecule has 2 aliphatic rings. The molecule has 1 saturated heterocycles. The number of hydrogen-bond acceptors (Lipinski definition) is 3. The summed E-state index contributed by atoms with van der Waals surface area (Å²) in [6, 6.07) is 0. The van der Waals surface area contributed by atoms with E-state index < -0.39 is 5.41 Å². The van der Waals surface area contributed by atoms with Crippen LogP contribution in [0.25, 0.3) is 0 Å². The van der Waals surface area contributed by atoms with E-state index in [-0.39, 0.29) is 29.1 Å². The van der Waals surface area contributed by atoms with E-state index in [1.807, 2.05) is 34.6 Å². The lowest BCUT2D eigenvalue weighted by Gasteiger charge is -2.47. The van der Waals surface area contributed by atoms with Crippen molar-refractivity contribution in [2.75, 3.05) is 13.1 Å². The summed E-state index contributed by atoms with van der Waals surface area (Å²) in [5.74, 6) is 0.244. The monoisotopic (exact) mass is 322 g/mol. The summed E-state index contributed by atoms with van der Waals surface area (Å²) in [6.07, 6.45) is 2.46. The van der Waals surface area contributed by atoms with E-state index in [0.29, 0.717) is 31.8 Å². The number of piperidine rings is 1. The van der Waals surface area contributed by atoms with Crippen LogP contribution in [0.1, 0.15) is 60.3 Å². The van der Waals surface area contributed by atoms with Gasteiger partial charge in [-0.3, -0.25) is 19.3 Å². The van der Waals surface area contributed by atoms with Crippen molar-refractivity contribution < 1.29 is 14.4 Å². The predicted molar refractivity (Wildman–Crippen MR) is 88.4 cm³/mol. The topological polar surface area (TPSA) is 66.5 Å². The summed E-state index contributed by atoms with van der Waals surface area (Å²) in [6.45, 7) is 11.2. The zero-order valence-electron chi connectivity index (χ0n) is 15.1. The minimum absolute atomic E-state index is 0.00915. The third kappa shape index (κ3) is 3.02. The molecule has 0 aromatic heterocycles. The lowest BCUT2D eigenvalue weighted by molar-refractivity contribution is -0.168. The third-order valence-electron chi connectivity index (χ3n) is 6.00. The highest BCUT2D eigenvalue weighted by Crippen LogP contribution is 2.59. The first-order chi connectivity index (χ1) is 10.6. The molecule has 2 unspecified atom stereocenters. The van der Waals surface area contributed by atoms with Crippen LogP contribution >= 0.6 is 0 Å². The number of rotatable bonds is 6. The van der Waals surface area contributed by atoms with Crippen LogP contribution in [0.3, 0.4) is 0 Å². The molecule has 3 amide bonds. The molecular weight excluding hydrogens is 292 g/mol. The normalized spacial score (nSPS) is 29.3. The van der Waals surface area contributed by atoms with Gasteiger partial charge in [0.2, 0.25) is 17.7 Å². The molecule has 2 rings (SSSR count). The Hall–Kier alpha value is -1.39. The molecule has 0 aromatic rings. The number of nitrogens with zero attached hydrogens (tertiary/aromatic N) is 1. The Kier molecular flexibility index (Phi) is 4.88. The van der Waals surface area contributed by atoms with Crippen LogP contribution in [0.15, 0.2) is 0 Å². The molecule has 2 atom stereocenters. The maximum atomic E-state index is 12.8. The van der Waals surface area contributed by atoms with Gasteiger partial charge < -0.3 is 5.32 Å². The van der Waals surface area contributed by atoms with Crippen molar-refractivity contribution >= 4 is 17.7 Å². The fraction of sp³-hybridized carbons (Fsp3) is 0.833. The molecule has 5 heteroatoms. The van der Waals surface area contributed by atoms with Crippen molar-refractivity contribution in [3.63, 3.8) is 0 Å². The first kappa shape index (κ1) is 18.0. The minimum Gasteiger partial charge on any atom is -0.356 e. The molecule has 1 aliphatic heterocycles. The van der Waals surface area contributed by atoms with Crippen LogP contribution in [-0.2, 0) is 14.4 Å². The molecule has 2 bridgehead atoms. The van der Waals surface area contributed by atoms with Crippen molar-refractivity contribution in [2.45, 2.75) is 60.3 Å². The Morgan fingerprint density at radius 1 is 1.30 bits per heavy atom. The van der Waals surface area contributed by atoms with Gasteiger partial charge in [-0.2, -0.15) is 0 Å². The predicted octanol–water partition coefficient (Wildman–Crippen LogP) is 2.35. The maximum absolute atomic E-state index is 12.8. The van der Waals surface area contributed by atoms with Crippen molar-refractivity contribution in [3.05, 3.63) is 0 Å². The smallest absolute Gasteiger partial charge is 0.235 e. The SMILES string of the molecule is CC(C)CNC(=O)CCCN1C(=O)C2CCC(C)(C1=O)C2(C)C. The quantitative estimate of drug-likeness (QED) is 0.763. The lowest BCUT2D eigenvalue weighted by Crippen LogP contribution is -2.59. The average molecular weight is 322 g/mol. The number of fused-ring (bicyclic) bond motifs is 2. The van der Waals surface area contributed by atoms with E-state index in [1.54, 1.807) is 0 Å². The molecule has 23 heavy (non-hydrogen) atoms. The summed E-state index contributed by atoms with van der Waals surface area (Å²) < 4.78 is 0. The third-order valence-corrected chi connectivity index (χ3v) is 6.00. The van der Waals surface area contributed by atoms with Gasteiger partial charge in [0.15, 0.2) is 0 Å². The van der Waals surface area contributed by atoms with Gasteiger partial charge in [0.1, 0.15) is 0 Å². The summed E-state index contributed by atoms with van der Waals surface area (Å²) in [5, 5.41) is 2.87. The summed E-state index contributed by atoms with van der Waals surface area (Å²) in [4.78, 5) is 38.6. The molecule has 0 radical (unpaired) electrons. The van der Waals surface area contributed by atoms with Gasteiger partial charge in [-0.1, -0.05) is 34.6 Å². The number of carbonyl (C=O) groups is 3. The van der Waals surface area contributed by atoms with Gasteiger partial charge in [0, 0.05) is 25.4 Å². The maximum Gasteiger partial charge on any atom is 0.235 e. The first-order valence-corrected chi connectivity index (χ1v) is 8.74. The van der Waals surface area contributed by atoms with Crippen molar-refractivity contribution in [1.82, 2.24) is 10.2 Å². The Labute approximate surface area is 139 Å². The minimum atomic E-state index is -0.453. The van der Waals surface area contributed by atoms with Crippen molar-refractivity contribution in [1.29, 1.82) is 0 Å². The van der Waals surface area contributed by atoms with Crippen LogP contribution in [0.4, 0.5) is 0 Å². The molecule has 1 saturated carbocycles. The van der Waals surface area contributed by atoms with E-state index in [0.717, 1.165) is 12.8 Å². The van der Waals surface area contributed by atoms with Crippen LogP contribution in [0.2, 0.25) is 0 Å². The van der Waals surface area contributed by atoms with Crippen molar-refractivity contribution in [2.24, 2.45) is 22.7 Å². The largest absolute Gasteiger partial charge is 0.356 e. The van der Waals surface area contributed by atoms with Crippen LogP contribution in [0, 0.1) is 22.7 Å². The van der Waals surface area contributed by atoms with E-state index in [9.17, 15) is 14.4 Å². The second-order valence-corrected chi connectivity index (χ2v) is 8.24. The molecule has 2 fully saturated rings. The highest BCUT2D eigenvalue weighted by Gasteiger charge is 2.64. The second-order valence-electron chi connectivity index (χ2n) is 8.24. The van der Waals surface area contributed by atoms with Crippen LogP contribution in [0.5, 0.6) is 0 Å². The number of amides is 3. The van der Waals surface area contributed by atoms with Gasteiger partial charge in [-0.25, -0.2) is 0 Å². The number of likely N-dealkylation sites (tertiary alicyclic amines) is 1. The number of nitrogens with one attached hydrogen (secondary N) is 1. The lowest BCUT2D eigenvalue weighted by atomic mass is 9.62. The fourth-order valence-corrected chi connectivity index (χ4v) is 3.92. The van der Waals surface area contributed by atoms with Gasteiger partial charge in [-0.05, 0) is 30.6 Å².